The van der Waals surface area contributed by atoms with Gasteiger partial charge in [-0.3, -0.25) is 9.59 Å². The van der Waals surface area contributed by atoms with Crippen LogP contribution in [0.2, 0.25) is 0 Å². The van der Waals surface area contributed by atoms with E-state index in [1.807, 2.05) is 52.0 Å². The molecular weight excluding hydrogens is 422 g/mol. The molecule has 0 fully saturated rings. The minimum atomic E-state index is -1.24. The van der Waals surface area contributed by atoms with E-state index in [0.29, 0.717) is 12.0 Å². The fraction of sp³-hybridized carbons (Fsp3) is 0.640. The van der Waals surface area contributed by atoms with Gasteiger partial charge in [0.25, 0.3) is 0 Å². The van der Waals surface area contributed by atoms with E-state index < -0.39 is 36.3 Å². The molecule has 0 saturated heterocycles. The van der Waals surface area contributed by atoms with Crippen LogP contribution in [0.15, 0.2) is 24.3 Å². The van der Waals surface area contributed by atoms with Crippen LogP contribution in [-0.2, 0) is 14.3 Å². The third-order valence-corrected chi connectivity index (χ3v) is 4.98. The van der Waals surface area contributed by atoms with Crippen LogP contribution in [0.25, 0.3) is 0 Å². The first-order valence-electron chi connectivity index (χ1n) is 11.7. The van der Waals surface area contributed by atoms with Crippen LogP contribution in [0.5, 0.6) is 0 Å². The van der Waals surface area contributed by atoms with E-state index in [1.54, 1.807) is 20.8 Å². The number of ether oxygens (including phenoxy) is 1. The lowest BCUT2D eigenvalue weighted by Gasteiger charge is -2.34. The van der Waals surface area contributed by atoms with Gasteiger partial charge in [-0.25, -0.2) is 4.79 Å². The summed E-state index contributed by atoms with van der Waals surface area (Å²) in [5, 5.41) is 15.3. The number of rotatable bonds is 11. The van der Waals surface area contributed by atoms with E-state index in [9.17, 15) is 19.5 Å². The zero-order valence-electron chi connectivity index (χ0n) is 21.1. The summed E-state index contributed by atoms with van der Waals surface area (Å²) in [7, 11) is 0. The molecule has 1 aromatic rings. The van der Waals surface area contributed by atoms with Gasteiger partial charge in [0.2, 0.25) is 11.8 Å². The minimum absolute atomic E-state index is 0.0532. The number of benzene rings is 1. The van der Waals surface area contributed by atoms with Crippen molar-refractivity contribution in [3.63, 3.8) is 0 Å². The number of hydrogen-bond donors (Lipinski definition) is 3. The zero-order chi connectivity index (χ0) is 25.2. The summed E-state index contributed by atoms with van der Waals surface area (Å²) in [5.41, 5.74) is 0.943. The standard InChI is InChI=1S/C25H41N3O5/c1-8-10-18(4)26-22(30)21(19-13-11-17(3)12-14-19)28(15-9-2)23(31)20(16-29)27-24(32)33-25(5,6)7/h11-14,18,20-21,29H,8-10,15-16H2,1-7H3,(H,26,30)(H,27,32). The van der Waals surface area contributed by atoms with E-state index in [2.05, 4.69) is 10.6 Å². The molecule has 8 nitrogen and oxygen atoms in total. The highest BCUT2D eigenvalue weighted by Crippen LogP contribution is 2.24. The SMILES string of the molecule is CCCC(C)NC(=O)C(c1ccc(C)cc1)N(CCC)C(=O)C(CO)NC(=O)OC(C)(C)C. The Hall–Kier alpha value is -2.61. The third-order valence-electron chi connectivity index (χ3n) is 4.98. The molecule has 186 valence electrons. The number of aliphatic hydroxyl groups is 1. The van der Waals surface area contributed by atoms with Crippen molar-refractivity contribution >= 4 is 17.9 Å². The van der Waals surface area contributed by atoms with Crippen LogP contribution in [-0.4, -0.2) is 58.8 Å². The summed E-state index contributed by atoms with van der Waals surface area (Å²) in [5.74, 6) is -0.843. The predicted molar refractivity (Wildman–Crippen MR) is 129 cm³/mol. The summed E-state index contributed by atoms with van der Waals surface area (Å²) >= 11 is 0. The van der Waals surface area contributed by atoms with Crippen molar-refractivity contribution in [2.24, 2.45) is 0 Å². The van der Waals surface area contributed by atoms with E-state index >= 15 is 0 Å². The summed E-state index contributed by atoms with van der Waals surface area (Å²) in [4.78, 5) is 40.5. The number of alkyl carbamates (subject to hydrolysis) is 1. The highest BCUT2D eigenvalue weighted by molar-refractivity contribution is 5.92. The summed E-state index contributed by atoms with van der Waals surface area (Å²) in [6.45, 7) is 12.6. The number of nitrogens with one attached hydrogen (secondary N) is 2. The van der Waals surface area contributed by atoms with Gasteiger partial charge in [0, 0.05) is 12.6 Å². The van der Waals surface area contributed by atoms with E-state index in [1.165, 1.54) is 4.90 Å². The molecule has 0 bridgehead atoms. The topological polar surface area (TPSA) is 108 Å². The van der Waals surface area contributed by atoms with Crippen molar-refractivity contribution in [2.75, 3.05) is 13.2 Å². The van der Waals surface area contributed by atoms with Crippen LogP contribution >= 0.6 is 0 Å². The van der Waals surface area contributed by atoms with E-state index in [4.69, 9.17) is 4.74 Å². The average molecular weight is 464 g/mol. The first kappa shape index (κ1) is 28.4. The Morgan fingerprint density at radius 3 is 2.15 bits per heavy atom. The van der Waals surface area contributed by atoms with Crippen LogP contribution in [0.1, 0.15) is 78.0 Å². The van der Waals surface area contributed by atoms with Crippen molar-refractivity contribution in [3.8, 4) is 0 Å². The molecule has 0 aromatic heterocycles. The van der Waals surface area contributed by atoms with Gasteiger partial charge >= 0.3 is 6.09 Å². The second kappa shape index (κ2) is 13.2. The molecule has 0 heterocycles. The molecule has 0 aliphatic heterocycles. The average Bonchev–Trinajstić information content (AvgIpc) is 2.71. The molecule has 3 unspecified atom stereocenters. The van der Waals surface area contributed by atoms with Crippen molar-refractivity contribution in [2.45, 2.75) is 91.5 Å². The number of aryl methyl sites for hydroxylation is 1. The Morgan fingerprint density at radius 1 is 1.06 bits per heavy atom. The lowest BCUT2D eigenvalue weighted by molar-refractivity contribution is -0.143. The Kier molecular flexibility index (Phi) is 11.4. The number of nitrogens with zero attached hydrogens (tertiary/aromatic N) is 1. The van der Waals surface area contributed by atoms with Gasteiger partial charge in [0.1, 0.15) is 17.7 Å². The van der Waals surface area contributed by atoms with Crippen molar-refractivity contribution < 1.29 is 24.2 Å². The van der Waals surface area contributed by atoms with Crippen LogP contribution < -0.4 is 10.6 Å². The molecule has 0 radical (unpaired) electrons. The third kappa shape index (κ3) is 9.42. The smallest absolute Gasteiger partial charge is 0.408 e. The van der Waals surface area contributed by atoms with E-state index in [-0.39, 0.29) is 18.5 Å². The molecule has 3 amide bonds. The summed E-state index contributed by atoms with van der Waals surface area (Å²) < 4.78 is 5.23. The predicted octanol–water partition coefficient (Wildman–Crippen LogP) is 3.47. The molecule has 0 saturated carbocycles. The number of carbonyl (C=O) groups excluding carboxylic acids is 3. The largest absolute Gasteiger partial charge is 0.444 e. The van der Waals surface area contributed by atoms with E-state index in [0.717, 1.165) is 18.4 Å². The Labute approximate surface area is 198 Å². The molecule has 3 N–H and O–H groups in total. The van der Waals surface area contributed by atoms with Gasteiger partial charge in [-0.1, -0.05) is 50.1 Å². The lowest BCUT2D eigenvalue weighted by atomic mass is 10.0. The lowest BCUT2D eigenvalue weighted by Crippen LogP contribution is -2.55. The monoisotopic (exact) mass is 463 g/mol. The number of carbonyl (C=O) groups is 3. The van der Waals surface area contributed by atoms with Gasteiger partial charge in [0.15, 0.2) is 0 Å². The first-order valence-corrected chi connectivity index (χ1v) is 11.7. The molecule has 1 aromatic carbocycles. The molecule has 0 aliphatic carbocycles. The quantitative estimate of drug-likeness (QED) is 0.466. The van der Waals surface area contributed by atoms with Gasteiger partial charge in [-0.2, -0.15) is 0 Å². The highest BCUT2D eigenvalue weighted by Gasteiger charge is 2.36. The highest BCUT2D eigenvalue weighted by atomic mass is 16.6. The van der Waals surface area contributed by atoms with Gasteiger partial charge in [-0.05, 0) is 53.0 Å². The van der Waals surface area contributed by atoms with Crippen LogP contribution in [0.3, 0.4) is 0 Å². The molecule has 0 aliphatic rings. The number of hydrogen-bond acceptors (Lipinski definition) is 5. The molecule has 8 heteroatoms. The molecule has 0 spiro atoms. The van der Waals surface area contributed by atoms with Gasteiger partial charge in [-0.15, -0.1) is 0 Å². The first-order chi connectivity index (χ1) is 15.4. The van der Waals surface area contributed by atoms with Gasteiger partial charge in [0.05, 0.1) is 6.61 Å². The van der Waals surface area contributed by atoms with Crippen molar-refractivity contribution in [3.05, 3.63) is 35.4 Å². The maximum absolute atomic E-state index is 13.5. The van der Waals surface area contributed by atoms with Crippen molar-refractivity contribution in [1.82, 2.24) is 15.5 Å². The number of aliphatic hydroxyl groups excluding tert-OH is 1. The van der Waals surface area contributed by atoms with Crippen molar-refractivity contribution in [1.29, 1.82) is 0 Å². The Bertz CT molecular complexity index is 773. The maximum Gasteiger partial charge on any atom is 0.408 e. The summed E-state index contributed by atoms with van der Waals surface area (Å²) in [6, 6.07) is 5.25. The van der Waals surface area contributed by atoms with Crippen LogP contribution in [0.4, 0.5) is 4.79 Å². The summed E-state index contributed by atoms with van der Waals surface area (Å²) in [6.07, 6.45) is 1.52. The van der Waals surface area contributed by atoms with Gasteiger partial charge < -0.3 is 25.4 Å². The fourth-order valence-electron chi connectivity index (χ4n) is 3.49. The minimum Gasteiger partial charge on any atom is -0.444 e. The molecule has 1 rings (SSSR count). The Morgan fingerprint density at radius 2 is 1.67 bits per heavy atom. The number of amides is 3. The second-order valence-corrected chi connectivity index (χ2v) is 9.42. The maximum atomic E-state index is 13.5. The van der Waals surface area contributed by atoms with Crippen LogP contribution in [0, 0.1) is 6.92 Å². The zero-order valence-corrected chi connectivity index (χ0v) is 21.1. The molecule has 33 heavy (non-hydrogen) atoms. The molecular formula is C25H41N3O5. The molecule has 3 atom stereocenters. The second-order valence-electron chi connectivity index (χ2n) is 9.42. The Balaban J connectivity index is 3.29. The normalized spacial score (nSPS) is 14.1. The fourth-order valence-corrected chi connectivity index (χ4v) is 3.49.